The molecule has 0 aliphatic carbocycles. The summed E-state index contributed by atoms with van der Waals surface area (Å²) >= 11 is 3.22. The lowest BCUT2D eigenvalue weighted by Crippen LogP contribution is -1.98. The van der Waals surface area contributed by atoms with Gasteiger partial charge in [0.05, 0.1) is 16.7 Å². The molecule has 0 aliphatic rings. The maximum atomic E-state index is 11.4. The zero-order chi connectivity index (χ0) is 12.6. The molecule has 0 atom stereocenters. The van der Waals surface area contributed by atoms with Crippen LogP contribution in [0, 0.1) is 0 Å². The van der Waals surface area contributed by atoms with Crippen LogP contribution in [0.25, 0.3) is 11.1 Å². The highest BCUT2D eigenvalue weighted by Gasteiger charge is 2.14. The van der Waals surface area contributed by atoms with E-state index in [1.807, 2.05) is 0 Å². The number of rotatable bonds is 2. The molecule has 7 heteroatoms. The molecule has 2 rings (SSSR count). The lowest BCUT2D eigenvalue weighted by atomic mass is 10.1. The van der Waals surface area contributed by atoms with Gasteiger partial charge >= 0.3 is 0 Å². The topological polar surface area (TPSA) is 86.2 Å². The average Bonchev–Trinajstić information content (AvgIpc) is 2.62. The fourth-order valence-electron chi connectivity index (χ4n) is 1.43. The van der Waals surface area contributed by atoms with Crippen LogP contribution < -0.4 is 5.73 Å². The quantitative estimate of drug-likeness (QED) is 0.916. The fraction of sp³-hybridized carbons (Fsp3) is 0.100. The first kappa shape index (κ1) is 12.1. The molecule has 1 aromatic heterocycles. The summed E-state index contributed by atoms with van der Waals surface area (Å²) in [6.45, 7) is 0. The Kier molecular flexibility index (Phi) is 2.96. The highest BCUT2D eigenvalue weighted by Crippen LogP contribution is 2.31. The Morgan fingerprint density at radius 1 is 1.41 bits per heavy atom. The molecule has 0 radical (unpaired) electrons. The van der Waals surface area contributed by atoms with Crippen molar-refractivity contribution in [1.82, 2.24) is 5.16 Å². The molecule has 2 N–H and O–H groups in total. The van der Waals surface area contributed by atoms with Gasteiger partial charge in [-0.15, -0.1) is 0 Å². The maximum absolute atomic E-state index is 11.4. The van der Waals surface area contributed by atoms with E-state index in [4.69, 9.17) is 10.3 Å². The Balaban J connectivity index is 2.56. The van der Waals surface area contributed by atoms with Gasteiger partial charge < -0.3 is 10.3 Å². The summed E-state index contributed by atoms with van der Waals surface area (Å²) in [5.41, 5.74) is 6.95. The molecular weight excluding hydrogens is 308 g/mol. The van der Waals surface area contributed by atoms with E-state index in [9.17, 15) is 8.42 Å². The second-order valence-corrected chi connectivity index (χ2v) is 6.36. The second-order valence-electron chi connectivity index (χ2n) is 3.52. The zero-order valence-corrected chi connectivity index (χ0v) is 11.2. The highest BCUT2D eigenvalue weighted by molar-refractivity contribution is 9.10. The standard InChI is InChI=1S/C10H9BrN2O3S/c1-17(14,15)9-3-2-6(4-8(9)11)7-5-13-16-10(7)12/h2-5H,12H2,1H3. The molecule has 1 heterocycles. The minimum Gasteiger partial charge on any atom is -0.367 e. The molecule has 17 heavy (non-hydrogen) atoms. The number of halogens is 1. The summed E-state index contributed by atoms with van der Waals surface area (Å²) in [6, 6.07) is 4.84. The van der Waals surface area contributed by atoms with Gasteiger partial charge in [0, 0.05) is 10.7 Å². The molecule has 0 bridgehead atoms. The Labute approximate surface area is 107 Å². The van der Waals surface area contributed by atoms with Crippen molar-refractivity contribution in [1.29, 1.82) is 0 Å². The first-order valence-corrected chi connectivity index (χ1v) is 7.28. The second kappa shape index (κ2) is 4.15. The predicted molar refractivity (Wildman–Crippen MR) is 67.2 cm³/mol. The zero-order valence-electron chi connectivity index (χ0n) is 8.84. The molecule has 0 aliphatic heterocycles. The molecule has 2 aromatic rings. The van der Waals surface area contributed by atoms with Gasteiger partial charge in [-0.2, -0.15) is 0 Å². The number of nitrogens with two attached hydrogens (primary N) is 1. The van der Waals surface area contributed by atoms with Gasteiger partial charge in [0.2, 0.25) is 5.88 Å². The lowest BCUT2D eigenvalue weighted by Gasteiger charge is -2.04. The number of anilines is 1. The van der Waals surface area contributed by atoms with Crippen LogP contribution in [-0.2, 0) is 9.84 Å². The Hall–Kier alpha value is -1.34. The van der Waals surface area contributed by atoms with Crippen molar-refractivity contribution in [2.24, 2.45) is 0 Å². The van der Waals surface area contributed by atoms with E-state index in [0.717, 1.165) is 11.8 Å². The lowest BCUT2D eigenvalue weighted by molar-refractivity contribution is 0.436. The average molecular weight is 317 g/mol. The van der Waals surface area contributed by atoms with Gasteiger partial charge in [0.15, 0.2) is 9.84 Å². The summed E-state index contributed by atoms with van der Waals surface area (Å²) in [7, 11) is -3.25. The summed E-state index contributed by atoms with van der Waals surface area (Å²) in [4.78, 5) is 0.233. The highest BCUT2D eigenvalue weighted by atomic mass is 79.9. The largest absolute Gasteiger partial charge is 0.367 e. The van der Waals surface area contributed by atoms with Gasteiger partial charge in [-0.3, -0.25) is 0 Å². The minimum absolute atomic E-state index is 0.198. The number of hydrogen-bond acceptors (Lipinski definition) is 5. The van der Waals surface area contributed by atoms with E-state index >= 15 is 0 Å². The van der Waals surface area contributed by atoms with Crippen LogP contribution >= 0.6 is 15.9 Å². The van der Waals surface area contributed by atoms with Crippen molar-refractivity contribution in [2.45, 2.75) is 4.90 Å². The number of sulfone groups is 1. The Morgan fingerprint density at radius 3 is 2.59 bits per heavy atom. The first-order valence-electron chi connectivity index (χ1n) is 4.59. The molecule has 0 unspecified atom stereocenters. The Bertz CT molecular complexity index is 664. The number of aromatic nitrogens is 1. The van der Waals surface area contributed by atoms with Crippen LogP contribution in [0.3, 0.4) is 0 Å². The number of nitrogen functional groups attached to an aromatic ring is 1. The van der Waals surface area contributed by atoms with Crippen molar-refractivity contribution in [2.75, 3.05) is 12.0 Å². The van der Waals surface area contributed by atoms with Crippen LogP contribution in [0.1, 0.15) is 0 Å². The summed E-state index contributed by atoms with van der Waals surface area (Å²) in [5.74, 6) is 0.198. The maximum Gasteiger partial charge on any atom is 0.229 e. The van der Waals surface area contributed by atoms with E-state index in [1.54, 1.807) is 12.1 Å². The molecule has 90 valence electrons. The van der Waals surface area contributed by atoms with E-state index in [0.29, 0.717) is 10.0 Å². The van der Waals surface area contributed by atoms with Crippen LogP contribution in [0.15, 0.2) is 38.3 Å². The fourth-order valence-corrected chi connectivity index (χ4v) is 3.42. The van der Waals surface area contributed by atoms with Crippen LogP contribution in [0.2, 0.25) is 0 Å². The van der Waals surface area contributed by atoms with Crippen molar-refractivity contribution in [3.05, 3.63) is 28.9 Å². The SMILES string of the molecule is CS(=O)(=O)c1ccc(-c2cnoc2N)cc1Br. The normalized spacial score (nSPS) is 11.6. The van der Waals surface area contributed by atoms with E-state index in [2.05, 4.69) is 21.1 Å². The van der Waals surface area contributed by atoms with Crippen molar-refractivity contribution in [3.63, 3.8) is 0 Å². The molecule has 0 saturated carbocycles. The van der Waals surface area contributed by atoms with Crippen LogP contribution in [0.4, 0.5) is 5.88 Å². The van der Waals surface area contributed by atoms with Crippen molar-refractivity contribution >= 4 is 31.7 Å². The molecular formula is C10H9BrN2O3S. The molecule has 0 saturated heterocycles. The van der Waals surface area contributed by atoms with E-state index in [-0.39, 0.29) is 10.8 Å². The summed E-state index contributed by atoms with van der Waals surface area (Å²) in [5, 5.41) is 3.57. The first-order chi connectivity index (χ1) is 7.89. The van der Waals surface area contributed by atoms with Gasteiger partial charge in [0.1, 0.15) is 0 Å². The summed E-state index contributed by atoms with van der Waals surface area (Å²) in [6.07, 6.45) is 2.64. The van der Waals surface area contributed by atoms with E-state index in [1.165, 1.54) is 12.3 Å². The smallest absolute Gasteiger partial charge is 0.229 e. The van der Waals surface area contributed by atoms with Gasteiger partial charge in [-0.05, 0) is 33.6 Å². The third-order valence-electron chi connectivity index (χ3n) is 2.24. The Morgan fingerprint density at radius 2 is 2.12 bits per heavy atom. The number of nitrogens with zero attached hydrogens (tertiary/aromatic N) is 1. The number of benzene rings is 1. The van der Waals surface area contributed by atoms with E-state index < -0.39 is 9.84 Å². The molecule has 0 amide bonds. The van der Waals surface area contributed by atoms with Gasteiger partial charge in [-0.1, -0.05) is 11.2 Å². The van der Waals surface area contributed by atoms with Gasteiger partial charge in [-0.25, -0.2) is 8.42 Å². The minimum atomic E-state index is -3.25. The number of hydrogen-bond donors (Lipinski definition) is 1. The molecule has 0 spiro atoms. The molecule has 0 fully saturated rings. The van der Waals surface area contributed by atoms with Gasteiger partial charge in [0.25, 0.3) is 0 Å². The van der Waals surface area contributed by atoms with Crippen molar-refractivity contribution in [3.8, 4) is 11.1 Å². The van der Waals surface area contributed by atoms with Crippen molar-refractivity contribution < 1.29 is 12.9 Å². The molecule has 1 aromatic carbocycles. The van der Waals surface area contributed by atoms with Crippen LogP contribution in [0.5, 0.6) is 0 Å². The predicted octanol–water partition coefficient (Wildman–Crippen LogP) is 2.09. The van der Waals surface area contributed by atoms with Crippen LogP contribution in [-0.4, -0.2) is 19.8 Å². The third-order valence-corrected chi connectivity index (χ3v) is 4.31. The molecule has 5 nitrogen and oxygen atoms in total. The monoisotopic (exact) mass is 316 g/mol. The summed E-state index contributed by atoms with van der Waals surface area (Å²) < 4.78 is 28.1. The third kappa shape index (κ3) is 2.34.